The van der Waals surface area contributed by atoms with Crippen molar-refractivity contribution >= 4 is 0 Å². The number of likely N-dealkylation sites (N-methyl/N-ethyl adjacent to an activating group) is 1. The number of hydrogen-bond donors (Lipinski definition) is 1. The summed E-state index contributed by atoms with van der Waals surface area (Å²) in [6, 6.07) is 9.97. The van der Waals surface area contributed by atoms with Crippen molar-refractivity contribution < 1.29 is 4.74 Å². The summed E-state index contributed by atoms with van der Waals surface area (Å²) in [4.78, 5) is 2.29. The van der Waals surface area contributed by atoms with Crippen molar-refractivity contribution in [3.05, 3.63) is 30.3 Å². The van der Waals surface area contributed by atoms with Crippen LogP contribution in [0.1, 0.15) is 13.8 Å². The Hall–Kier alpha value is -1.06. The molecule has 0 fully saturated rings. The number of nitrogens with one attached hydrogen (secondary N) is 1. The molecule has 0 saturated heterocycles. The quantitative estimate of drug-likeness (QED) is 0.680. The van der Waals surface area contributed by atoms with E-state index in [-0.39, 0.29) is 0 Å². The van der Waals surface area contributed by atoms with Gasteiger partial charge in [0.1, 0.15) is 12.4 Å². The van der Waals surface area contributed by atoms with Crippen LogP contribution in [0.3, 0.4) is 0 Å². The zero-order valence-electron chi connectivity index (χ0n) is 11.9. The molecule has 0 aliphatic carbocycles. The fourth-order valence-corrected chi connectivity index (χ4v) is 1.61. The van der Waals surface area contributed by atoms with E-state index in [0.29, 0.717) is 0 Å². The maximum atomic E-state index is 5.66. The van der Waals surface area contributed by atoms with E-state index in [1.165, 1.54) is 0 Å². The molecule has 0 amide bonds. The van der Waals surface area contributed by atoms with Gasteiger partial charge in [0.15, 0.2) is 0 Å². The average molecular weight is 250 g/mol. The Morgan fingerprint density at radius 3 is 2.56 bits per heavy atom. The normalized spacial score (nSPS) is 11.2. The van der Waals surface area contributed by atoms with E-state index in [0.717, 1.165) is 44.5 Å². The molecule has 0 atom stereocenters. The maximum Gasteiger partial charge on any atom is 0.119 e. The first-order valence-corrected chi connectivity index (χ1v) is 6.75. The highest BCUT2D eigenvalue weighted by atomic mass is 16.5. The van der Waals surface area contributed by atoms with E-state index in [1.54, 1.807) is 0 Å². The van der Waals surface area contributed by atoms with Crippen LogP contribution in [0.25, 0.3) is 0 Å². The molecule has 3 nitrogen and oxygen atoms in total. The molecule has 0 bridgehead atoms. The minimum Gasteiger partial charge on any atom is -0.492 e. The summed E-state index contributed by atoms with van der Waals surface area (Å²) in [6.45, 7) is 9.34. The third-order valence-electron chi connectivity index (χ3n) is 2.71. The second-order valence-corrected chi connectivity index (χ2v) is 5.06. The van der Waals surface area contributed by atoms with Crippen molar-refractivity contribution in [2.75, 3.05) is 39.8 Å². The molecule has 1 aromatic carbocycles. The minimum atomic E-state index is 0.719. The number of nitrogens with zero attached hydrogens (tertiary/aromatic N) is 1. The predicted molar refractivity (Wildman–Crippen MR) is 77.1 cm³/mol. The van der Waals surface area contributed by atoms with Crippen LogP contribution in [-0.4, -0.2) is 44.7 Å². The Morgan fingerprint density at radius 1 is 1.17 bits per heavy atom. The molecule has 0 unspecified atom stereocenters. The molecule has 0 heterocycles. The first-order valence-electron chi connectivity index (χ1n) is 6.75. The van der Waals surface area contributed by atoms with Crippen LogP contribution < -0.4 is 10.1 Å². The first-order chi connectivity index (χ1) is 8.68. The molecule has 0 radical (unpaired) electrons. The maximum absolute atomic E-state index is 5.66. The van der Waals surface area contributed by atoms with Gasteiger partial charge in [-0.3, -0.25) is 0 Å². The van der Waals surface area contributed by atoms with Gasteiger partial charge >= 0.3 is 0 Å². The van der Waals surface area contributed by atoms with Crippen molar-refractivity contribution in [3.63, 3.8) is 0 Å². The SMILES string of the molecule is CC(C)CNCCN(C)CCOc1ccccc1. The summed E-state index contributed by atoms with van der Waals surface area (Å²) in [5.74, 6) is 1.67. The Morgan fingerprint density at radius 2 is 1.89 bits per heavy atom. The van der Waals surface area contributed by atoms with E-state index >= 15 is 0 Å². The standard InChI is InChI=1S/C15H26N2O/c1-14(2)13-16-9-10-17(3)11-12-18-15-7-5-4-6-8-15/h4-8,14,16H,9-13H2,1-3H3. The van der Waals surface area contributed by atoms with Crippen LogP contribution in [0.15, 0.2) is 30.3 Å². The molecule has 3 heteroatoms. The van der Waals surface area contributed by atoms with Gasteiger partial charge in [-0.1, -0.05) is 32.0 Å². The summed E-state index contributed by atoms with van der Waals surface area (Å²) in [5.41, 5.74) is 0. The van der Waals surface area contributed by atoms with Gasteiger partial charge in [0.05, 0.1) is 0 Å². The van der Waals surface area contributed by atoms with E-state index in [2.05, 4.69) is 31.1 Å². The monoisotopic (exact) mass is 250 g/mol. The summed E-state index contributed by atoms with van der Waals surface area (Å²) in [7, 11) is 2.13. The zero-order valence-corrected chi connectivity index (χ0v) is 11.9. The van der Waals surface area contributed by atoms with Gasteiger partial charge in [-0.25, -0.2) is 0 Å². The highest BCUT2D eigenvalue weighted by Gasteiger charge is 1.99. The smallest absolute Gasteiger partial charge is 0.119 e. The molecule has 0 spiro atoms. The Bertz CT molecular complexity index is 301. The zero-order chi connectivity index (χ0) is 13.2. The molecule has 0 saturated carbocycles. The molecule has 0 aliphatic heterocycles. The molecule has 0 aromatic heterocycles. The first kappa shape index (κ1) is 15.0. The Labute approximate surface area is 111 Å². The van der Waals surface area contributed by atoms with Crippen molar-refractivity contribution in [2.24, 2.45) is 5.92 Å². The van der Waals surface area contributed by atoms with E-state index in [1.807, 2.05) is 30.3 Å². The number of ether oxygens (including phenoxy) is 1. The number of benzene rings is 1. The topological polar surface area (TPSA) is 24.5 Å². The van der Waals surface area contributed by atoms with E-state index in [9.17, 15) is 0 Å². The molecular weight excluding hydrogens is 224 g/mol. The highest BCUT2D eigenvalue weighted by Crippen LogP contribution is 2.07. The van der Waals surface area contributed by atoms with Crippen LogP contribution in [0, 0.1) is 5.92 Å². The minimum absolute atomic E-state index is 0.719. The summed E-state index contributed by atoms with van der Waals surface area (Å²) in [5, 5.41) is 3.44. The Balaban J connectivity index is 2.01. The van der Waals surface area contributed by atoms with Crippen molar-refractivity contribution in [3.8, 4) is 5.75 Å². The molecular formula is C15H26N2O. The van der Waals surface area contributed by atoms with Gasteiger partial charge in [-0.2, -0.15) is 0 Å². The van der Waals surface area contributed by atoms with E-state index < -0.39 is 0 Å². The van der Waals surface area contributed by atoms with Gasteiger partial charge in [0.2, 0.25) is 0 Å². The summed E-state index contributed by atoms with van der Waals surface area (Å²) >= 11 is 0. The fraction of sp³-hybridized carbons (Fsp3) is 0.600. The molecule has 18 heavy (non-hydrogen) atoms. The van der Waals surface area contributed by atoms with Crippen LogP contribution in [0.5, 0.6) is 5.75 Å². The van der Waals surface area contributed by atoms with Crippen LogP contribution in [0.4, 0.5) is 0 Å². The number of rotatable bonds is 9. The lowest BCUT2D eigenvalue weighted by molar-refractivity contribution is 0.237. The lowest BCUT2D eigenvalue weighted by atomic mass is 10.2. The van der Waals surface area contributed by atoms with Gasteiger partial charge in [-0.05, 0) is 31.6 Å². The third-order valence-corrected chi connectivity index (χ3v) is 2.71. The second kappa shape index (κ2) is 8.95. The lowest BCUT2D eigenvalue weighted by Gasteiger charge is -2.17. The van der Waals surface area contributed by atoms with Gasteiger partial charge in [-0.15, -0.1) is 0 Å². The molecule has 1 aromatic rings. The predicted octanol–water partition coefficient (Wildman–Crippen LogP) is 2.24. The summed E-state index contributed by atoms with van der Waals surface area (Å²) in [6.07, 6.45) is 0. The third kappa shape index (κ3) is 7.30. The average Bonchev–Trinajstić information content (AvgIpc) is 2.36. The van der Waals surface area contributed by atoms with Gasteiger partial charge < -0.3 is 15.0 Å². The Kier molecular flexibility index (Phi) is 7.46. The van der Waals surface area contributed by atoms with Gasteiger partial charge in [0.25, 0.3) is 0 Å². The van der Waals surface area contributed by atoms with Crippen LogP contribution >= 0.6 is 0 Å². The number of hydrogen-bond acceptors (Lipinski definition) is 3. The molecule has 1 rings (SSSR count). The van der Waals surface area contributed by atoms with Gasteiger partial charge in [0, 0.05) is 19.6 Å². The van der Waals surface area contributed by atoms with Crippen molar-refractivity contribution in [1.82, 2.24) is 10.2 Å². The second-order valence-electron chi connectivity index (χ2n) is 5.06. The highest BCUT2D eigenvalue weighted by molar-refractivity contribution is 5.20. The van der Waals surface area contributed by atoms with Crippen LogP contribution in [-0.2, 0) is 0 Å². The molecule has 0 aliphatic rings. The molecule has 102 valence electrons. The molecule has 1 N–H and O–H groups in total. The van der Waals surface area contributed by atoms with E-state index in [4.69, 9.17) is 4.74 Å². The van der Waals surface area contributed by atoms with Crippen LogP contribution in [0.2, 0.25) is 0 Å². The largest absolute Gasteiger partial charge is 0.492 e. The van der Waals surface area contributed by atoms with Crippen molar-refractivity contribution in [1.29, 1.82) is 0 Å². The summed E-state index contributed by atoms with van der Waals surface area (Å²) < 4.78 is 5.66. The number of para-hydroxylation sites is 1. The fourth-order valence-electron chi connectivity index (χ4n) is 1.61. The van der Waals surface area contributed by atoms with Crippen molar-refractivity contribution in [2.45, 2.75) is 13.8 Å². The lowest BCUT2D eigenvalue weighted by Crippen LogP contribution is -2.33.